The summed E-state index contributed by atoms with van der Waals surface area (Å²) in [6.45, 7) is 0.0789. The highest BCUT2D eigenvalue weighted by atomic mass is 16.6. The minimum absolute atomic E-state index is 0.00744. The fourth-order valence-corrected chi connectivity index (χ4v) is 1.54. The summed E-state index contributed by atoms with van der Waals surface area (Å²) in [4.78, 5) is 22.0. The molecule has 0 aliphatic carbocycles. The zero-order chi connectivity index (χ0) is 15.1. The summed E-state index contributed by atoms with van der Waals surface area (Å²) in [5.41, 5.74) is -0.181. The van der Waals surface area contributed by atoms with Crippen molar-refractivity contribution in [3.63, 3.8) is 0 Å². The maximum atomic E-state index is 11.8. The molecule has 0 radical (unpaired) electrons. The summed E-state index contributed by atoms with van der Waals surface area (Å²) in [6.07, 6.45) is -0.836. The molecule has 8 nitrogen and oxygen atoms in total. The predicted octanol–water partition coefficient (Wildman–Crippen LogP) is 0.340. The fraction of sp³-hybridized carbons (Fsp3) is 0.417. The molecule has 1 aromatic carbocycles. The van der Waals surface area contributed by atoms with Gasteiger partial charge in [-0.25, -0.2) is 0 Å². The Morgan fingerprint density at radius 2 is 2.20 bits per heavy atom. The van der Waals surface area contributed by atoms with Crippen LogP contribution in [-0.4, -0.2) is 49.4 Å². The molecule has 1 aromatic rings. The first-order chi connectivity index (χ1) is 9.49. The van der Waals surface area contributed by atoms with Crippen molar-refractivity contribution in [3.05, 3.63) is 33.9 Å². The average Bonchev–Trinajstić information content (AvgIpc) is 2.44. The van der Waals surface area contributed by atoms with Gasteiger partial charge in [-0.3, -0.25) is 14.9 Å². The minimum atomic E-state index is -0.836. The molecule has 2 N–H and O–H groups in total. The number of aliphatic hydroxyl groups excluding tert-OH is 1. The van der Waals surface area contributed by atoms with Crippen LogP contribution in [0, 0.1) is 10.1 Å². The van der Waals surface area contributed by atoms with Gasteiger partial charge in [0.15, 0.2) is 5.75 Å². The van der Waals surface area contributed by atoms with Crippen LogP contribution in [0.25, 0.3) is 0 Å². The van der Waals surface area contributed by atoms with Crippen LogP contribution in [0.1, 0.15) is 10.4 Å². The van der Waals surface area contributed by atoms with Crippen molar-refractivity contribution >= 4 is 11.6 Å². The Balaban J connectivity index is 2.78. The summed E-state index contributed by atoms with van der Waals surface area (Å²) in [7, 11) is 2.74. The molecule has 0 fully saturated rings. The molecule has 1 atom stereocenters. The quantitative estimate of drug-likeness (QED) is 0.551. The first-order valence-corrected chi connectivity index (χ1v) is 5.77. The second-order valence-electron chi connectivity index (χ2n) is 3.96. The van der Waals surface area contributed by atoms with E-state index in [9.17, 15) is 20.0 Å². The monoisotopic (exact) mass is 284 g/mol. The van der Waals surface area contributed by atoms with Gasteiger partial charge in [-0.1, -0.05) is 0 Å². The van der Waals surface area contributed by atoms with Crippen LogP contribution >= 0.6 is 0 Å². The Morgan fingerprint density at radius 3 is 2.75 bits per heavy atom. The molecule has 110 valence electrons. The number of nitro groups is 1. The number of benzene rings is 1. The molecule has 1 unspecified atom stereocenters. The molecule has 0 aliphatic rings. The third-order valence-corrected chi connectivity index (χ3v) is 2.50. The topological polar surface area (TPSA) is 111 Å². The van der Waals surface area contributed by atoms with Crippen molar-refractivity contribution in [1.29, 1.82) is 0 Å². The van der Waals surface area contributed by atoms with E-state index in [1.54, 1.807) is 0 Å². The first kappa shape index (κ1) is 15.9. The lowest BCUT2D eigenvalue weighted by Crippen LogP contribution is -2.34. The molecule has 0 heterocycles. The molecular weight excluding hydrogens is 268 g/mol. The molecule has 0 aliphatic heterocycles. The molecule has 20 heavy (non-hydrogen) atoms. The van der Waals surface area contributed by atoms with Crippen molar-refractivity contribution in [3.8, 4) is 5.75 Å². The lowest BCUT2D eigenvalue weighted by molar-refractivity contribution is -0.385. The van der Waals surface area contributed by atoms with Gasteiger partial charge in [-0.05, 0) is 12.1 Å². The third kappa shape index (κ3) is 4.18. The maximum absolute atomic E-state index is 11.8. The number of aliphatic hydroxyl groups is 1. The van der Waals surface area contributed by atoms with Crippen LogP contribution in [0.2, 0.25) is 0 Å². The molecule has 8 heteroatoms. The Bertz CT molecular complexity index is 491. The van der Waals surface area contributed by atoms with Crippen LogP contribution in [0.15, 0.2) is 18.2 Å². The molecule has 1 rings (SSSR count). The van der Waals surface area contributed by atoms with Crippen LogP contribution in [0.3, 0.4) is 0 Å². The number of ether oxygens (including phenoxy) is 2. The highest BCUT2D eigenvalue weighted by Gasteiger charge is 2.18. The number of hydrogen-bond donors (Lipinski definition) is 2. The van der Waals surface area contributed by atoms with Gasteiger partial charge in [-0.2, -0.15) is 0 Å². The molecule has 1 amide bonds. The van der Waals surface area contributed by atoms with Crippen molar-refractivity contribution < 1.29 is 24.3 Å². The van der Waals surface area contributed by atoms with Gasteiger partial charge in [0.05, 0.1) is 24.7 Å². The summed E-state index contributed by atoms with van der Waals surface area (Å²) < 4.78 is 9.56. The summed E-state index contributed by atoms with van der Waals surface area (Å²) in [6, 6.07) is 3.87. The standard InChI is InChI=1S/C12H16N2O6/c1-19-7-9(15)6-13-12(16)8-3-4-11(20-2)10(5-8)14(17)18/h3-5,9,15H,6-7H2,1-2H3,(H,13,16). The normalized spacial score (nSPS) is 11.8. The van der Waals surface area contributed by atoms with Crippen molar-refractivity contribution in [2.24, 2.45) is 0 Å². The van der Waals surface area contributed by atoms with Crippen molar-refractivity contribution in [2.45, 2.75) is 6.10 Å². The van der Waals surface area contributed by atoms with E-state index in [1.807, 2.05) is 0 Å². The zero-order valence-electron chi connectivity index (χ0n) is 11.2. The van der Waals surface area contributed by atoms with Gasteiger partial charge >= 0.3 is 5.69 Å². The average molecular weight is 284 g/mol. The van der Waals surface area contributed by atoms with E-state index < -0.39 is 16.9 Å². The first-order valence-electron chi connectivity index (χ1n) is 5.77. The number of nitrogens with zero attached hydrogens (tertiary/aromatic N) is 1. The summed E-state index contributed by atoms with van der Waals surface area (Å²) in [5, 5.41) is 22.7. The van der Waals surface area contributed by atoms with Gasteiger partial charge < -0.3 is 19.9 Å². The number of carbonyl (C=O) groups is 1. The second-order valence-corrected chi connectivity index (χ2v) is 3.96. The minimum Gasteiger partial charge on any atom is -0.490 e. The van der Waals surface area contributed by atoms with Gasteiger partial charge in [0.25, 0.3) is 5.91 Å². The summed E-state index contributed by atoms with van der Waals surface area (Å²) in [5.74, 6) is -0.447. The maximum Gasteiger partial charge on any atom is 0.311 e. The Morgan fingerprint density at radius 1 is 1.50 bits per heavy atom. The zero-order valence-corrected chi connectivity index (χ0v) is 11.2. The van der Waals surface area contributed by atoms with Crippen LogP contribution in [0.5, 0.6) is 5.75 Å². The molecular formula is C12H16N2O6. The second kappa shape index (κ2) is 7.41. The molecule has 0 saturated heterocycles. The van der Waals surface area contributed by atoms with Gasteiger partial charge in [0, 0.05) is 25.3 Å². The predicted molar refractivity (Wildman–Crippen MR) is 69.9 cm³/mol. The van der Waals surface area contributed by atoms with Crippen LogP contribution in [-0.2, 0) is 4.74 Å². The van der Waals surface area contributed by atoms with E-state index >= 15 is 0 Å². The van der Waals surface area contributed by atoms with E-state index in [0.717, 1.165) is 6.07 Å². The van der Waals surface area contributed by atoms with E-state index in [4.69, 9.17) is 9.47 Å². The Hall–Kier alpha value is -2.19. The lowest BCUT2D eigenvalue weighted by atomic mass is 10.1. The van der Waals surface area contributed by atoms with Crippen LogP contribution in [0.4, 0.5) is 5.69 Å². The Labute approximate surface area is 115 Å². The third-order valence-electron chi connectivity index (χ3n) is 2.50. The van der Waals surface area contributed by atoms with Crippen molar-refractivity contribution in [2.75, 3.05) is 27.4 Å². The fourth-order valence-electron chi connectivity index (χ4n) is 1.54. The van der Waals surface area contributed by atoms with E-state index in [2.05, 4.69) is 5.32 Å². The number of amides is 1. The van der Waals surface area contributed by atoms with Gasteiger partial charge in [-0.15, -0.1) is 0 Å². The number of rotatable bonds is 7. The van der Waals surface area contributed by atoms with Gasteiger partial charge in [0.1, 0.15) is 0 Å². The molecule has 0 spiro atoms. The van der Waals surface area contributed by atoms with Gasteiger partial charge in [0.2, 0.25) is 0 Å². The van der Waals surface area contributed by atoms with E-state index in [-0.39, 0.29) is 30.2 Å². The number of nitrogens with one attached hydrogen (secondary N) is 1. The van der Waals surface area contributed by atoms with E-state index in [0.29, 0.717) is 0 Å². The highest BCUT2D eigenvalue weighted by molar-refractivity contribution is 5.95. The largest absolute Gasteiger partial charge is 0.490 e. The number of carbonyl (C=O) groups excluding carboxylic acids is 1. The Kier molecular flexibility index (Phi) is 5.88. The lowest BCUT2D eigenvalue weighted by Gasteiger charge is -2.11. The van der Waals surface area contributed by atoms with Crippen molar-refractivity contribution in [1.82, 2.24) is 5.32 Å². The van der Waals surface area contributed by atoms with E-state index in [1.165, 1.54) is 26.4 Å². The number of nitro benzene ring substituents is 1. The molecule has 0 saturated carbocycles. The molecule has 0 bridgehead atoms. The summed E-state index contributed by atoms with van der Waals surface area (Å²) >= 11 is 0. The van der Waals surface area contributed by atoms with Crippen LogP contribution < -0.4 is 10.1 Å². The number of methoxy groups -OCH3 is 2. The number of hydrogen-bond acceptors (Lipinski definition) is 6. The SMILES string of the molecule is COCC(O)CNC(=O)c1ccc(OC)c([N+](=O)[O-])c1. The highest BCUT2D eigenvalue weighted by Crippen LogP contribution is 2.27. The smallest absolute Gasteiger partial charge is 0.311 e. The molecule has 0 aromatic heterocycles.